The van der Waals surface area contributed by atoms with E-state index in [-0.39, 0.29) is 0 Å². The second-order valence-electron chi connectivity index (χ2n) is 2.57. The summed E-state index contributed by atoms with van der Waals surface area (Å²) in [7, 11) is 0. The molecule has 1 unspecified atom stereocenters. The Morgan fingerprint density at radius 2 is 1.06 bits per heavy atom. The molecule has 0 saturated carbocycles. The minimum atomic E-state index is -6.46. The zero-order valence-corrected chi connectivity index (χ0v) is 6.89. The molecular formula is C5H2F10O. The molecule has 1 nitrogen and oxygen atoms in total. The van der Waals surface area contributed by atoms with Crippen LogP contribution in [0.2, 0.25) is 0 Å². The lowest BCUT2D eigenvalue weighted by Crippen LogP contribution is -2.49. The quantitative estimate of drug-likeness (QED) is 0.694. The van der Waals surface area contributed by atoms with Gasteiger partial charge in [0, 0.05) is 0 Å². The van der Waals surface area contributed by atoms with Crippen molar-refractivity contribution in [1.82, 2.24) is 0 Å². The van der Waals surface area contributed by atoms with Crippen molar-refractivity contribution >= 4 is 0 Å². The topological polar surface area (TPSA) is 9.23 Å². The van der Waals surface area contributed by atoms with Gasteiger partial charge in [-0.25, -0.2) is 9.13 Å². The van der Waals surface area contributed by atoms with Gasteiger partial charge in [-0.1, -0.05) is 0 Å². The Hall–Kier alpha value is -0.740. The van der Waals surface area contributed by atoms with Gasteiger partial charge in [-0.3, -0.25) is 0 Å². The lowest BCUT2D eigenvalue weighted by atomic mass is 10.2. The summed E-state index contributed by atoms with van der Waals surface area (Å²) in [6, 6.07) is 0. The van der Waals surface area contributed by atoms with Gasteiger partial charge in [0.2, 0.25) is 0 Å². The zero-order valence-electron chi connectivity index (χ0n) is 6.89. The van der Waals surface area contributed by atoms with Gasteiger partial charge < -0.3 is 0 Å². The van der Waals surface area contributed by atoms with Gasteiger partial charge in [0.15, 0.2) is 0 Å². The summed E-state index contributed by atoms with van der Waals surface area (Å²) in [4.78, 5) is 0. The van der Waals surface area contributed by atoms with Crippen LogP contribution in [0.25, 0.3) is 0 Å². The first-order valence-corrected chi connectivity index (χ1v) is 3.26. The summed E-state index contributed by atoms with van der Waals surface area (Å²) in [6.07, 6.45) is -21.9. The first kappa shape index (κ1) is 15.3. The highest BCUT2D eigenvalue weighted by atomic mass is 19.4. The predicted octanol–water partition coefficient (Wildman–Crippen LogP) is 3.70. The van der Waals surface area contributed by atoms with E-state index in [1.54, 1.807) is 0 Å². The molecule has 0 aliphatic rings. The predicted molar refractivity (Wildman–Crippen MR) is 27.7 cm³/mol. The number of ether oxygens (including phenoxy) is 1. The van der Waals surface area contributed by atoms with E-state index in [2.05, 4.69) is 0 Å². The third-order valence-electron chi connectivity index (χ3n) is 1.13. The summed E-state index contributed by atoms with van der Waals surface area (Å²) in [5.41, 5.74) is 0. The monoisotopic (exact) mass is 268 g/mol. The molecule has 98 valence electrons. The molecule has 0 saturated heterocycles. The van der Waals surface area contributed by atoms with Crippen molar-refractivity contribution in [3.05, 3.63) is 0 Å². The van der Waals surface area contributed by atoms with Crippen LogP contribution in [0, 0.1) is 0 Å². The van der Waals surface area contributed by atoms with Crippen LogP contribution in [-0.4, -0.2) is 24.6 Å². The fourth-order valence-electron chi connectivity index (χ4n) is 0.635. The highest BCUT2D eigenvalue weighted by Crippen LogP contribution is 2.45. The van der Waals surface area contributed by atoms with E-state index in [0.29, 0.717) is 0 Å². The maximum absolute atomic E-state index is 12.5. The van der Waals surface area contributed by atoms with Crippen molar-refractivity contribution in [1.29, 1.82) is 0 Å². The molecule has 0 aliphatic heterocycles. The normalized spacial score (nSPS) is 18.4. The van der Waals surface area contributed by atoms with Crippen molar-refractivity contribution in [3.8, 4) is 0 Å². The molecule has 1 atom stereocenters. The SMILES string of the molecule is FC(F)(F)CC(F)(OC(F)(F)F)C(F)(F)F. The van der Waals surface area contributed by atoms with Crippen LogP contribution in [0.4, 0.5) is 43.9 Å². The third-order valence-corrected chi connectivity index (χ3v) is 1.13. The van der Waals surface area contributed by atoms with E-state index < -0.39 is 31.0 Å². The van der Waals surface area contributed by atoms with Crippen molar-refractivity contribution in [2.45, 2.75) is 31.0 Å². The summed E-state index contributed by atoms with van der Waals surface area (Å²) in [5, 5.41) is 0. The van der Waals surface area contributed by atoms with Crippen LogP contribution >= 0.6 is 0 Å². The highest BCUT2D eigenvalue weighted by Gasteiger charge is 2.66. The molecule has 0 heterocycles. The maximum Gasteiger partial charge on any atom is 0.525 e. The molecule has 0 N–H and O–H groups in total. The van der Waals surface area contributed by atoms with Gasteiger partial charge in [0.05, 0.1) is 0 Å². The van der Waals surface area contributed by atoms with E-state index in [0.717, 1.165) is 0 Å². The zero-order chi connectivity index (χ0) is 13.4. The molecule has 0 radical (unpaired) electrons. The largest absolute Gasteiger partial charge is 0.525 e. The van der Waals surface area contributed by atoms with Gasteiger partial charge in [0.1, 0.15) is 6.42 Å². The third kappa shape index (κ3) is 4.86. The van der Waals surface area contributed by atoms with Gasteiger partial charge in [-0.05, 0) is 0 Å². The maximum atomic E-state index is 12.5. The highest BCUT2D eigenvalue weighted by molar-refractivity contribution is 4.81. The van der Waals surface area contributed by atoms with Crippen molar-refractivity contribution in [3.63, 3.8) is 0 Å². The molecule has 0 bridgehead atoms. The molecule has 0 rings (SSSR count). The van der Waals surface area contributed by atoms with Crippen molar-refractivity contribution in [2.75, 3.05) is 0 Å². The van der Waals surface area contributed by atoms with Crippen LogP contribution in [0.3, 0.4) is 0 Å². The Labute approximate surface area is 81.0 Å². The van der Waals surface area contributed by atoms with Crippen molar-refractivity contribution < 1.29 is 48.6 Å². The fourth-order valence-corrected chi connectivity index (χ4v) is 0.635. The van der Waals surface area contributed by atoms with Crippen LogP contribution in [-0.2, 0) is 4.74 Å². The molecule has 0 amide bonds. The van der Waals surface area contributed by atoms with E-state index in [1.807, 2.05) is 4.74 Å². The second kappa shape index (κ2) is 3.93. The minimum absolute atomic E-state index is 1.85. The Kier molecular flexibility index (Phi) is 3.75. The van der Waals surface area contributed by atoms with E-state index >= 15 is 0 Å². The number of halogens is 10. The molecule has 0 aliphatic carbocycles. The van der Waals surface area contributed by atoms with E-state index in [4.69, 9.17) is 0 Å². The number of hydrogen-bond donors (Lipinski definition) is 0. The number of alkyl halides is 10. The molecular weight excluding hydrogens is 266 g/mol. The summed E-state index contributed by atoms with van der Waals surface area (Å²) in [6.45, 7) is 0. The van der Waals surface area contributed by atoms with Crippen LogP contribution in [0.1, 0.15) is 6.42 Å². The van der Waals surface area contributed by atoms with Gasteiger partial charge in [-0.2, -0.15) is 26.3 Å². The second-order valence-corrected chi connectivity index (χ2v) is 2.57. The average Bonchev–Trinajstić information content (AvgIpc) is 1.72. The Morgan fingerprint density at radius 3 is 1.25 bits per heavy atom. The molecule has 0 aromatic carbocycles. The Bertz CT molecular complexity index is 217. The number of hydrogen-bond acceptors (Lipinski definition) is 1. The molecule has 0 aromatic rings. The van der Waals surface area contributed by atoms with E-state index in [9.17, 15) is 43.9 Å². The summed E-state index contributed by atoms with van der Waals surface area (Å²) >= 11 is 0. The molecule has 0 aromatic heterocycles. The summed E-state index contributed by atoms with van der Waals surface area (Å²) in [5.74, 6) is -5.84. The smallest absolute Gasteiger partial charge is 0.245 e. The standard InChI is InChI=1S/C5H2F10O/c6-2(4(10,11)12,1-3(7,8)9)16-5(13,14)15/h1H2. The Morgan fingerprint density at radius 1 is 0.688 bits per heavy atom. The Balaban J connectivity index is 5.07. The van der Waals surface area contributed by atoms with Gasteiger partial charge in [0.25, 0.3) is 0 Å². The first-order chi connectivity index (χ1) is 6.66. The number of rotatable bonds is 2. The summed E-state index contributed by atoms with van der Waals surface area (Å²) < 4.78 is 118. The van der Waals surface area contributed by atoms with Crippen LogP contribution in [0.5, 0.6) is 0 Å². The molecule has 16 heavy (non-hydrogen) atoms. The first-order valence-electron chi connectivity index (χ1n) is 3.26. The molecule has 0 fully saturated rings. The molecule has 11 heteroatoms. The van der Waals surface area contributed by atoms with Gasteiger partial charge in [-0.15, -0.1) is 13.2 Å². The molecule has 0 spiro atoms. The van der Waals surface area contributed by atoms with Crippen molar-refractivity contribution in [2.24, 2.45) is 0 Å². The lowest BCUT2D eigenvalue weighted by Gasteiger charge is -2.29. The van der Waals surface area contributed by atoms with E-state index in [1.165, 1.54) is 0 Å². The van der Waals surface area contributed by atoms with Crippen LogP contribution in [0.15, 0.2) is 0 Å². The lowest BCUT2D eigenvalue weighted by molar-refractivity contribution is -0.458. The van der Waals surface area contributed by atoms with Gasteiger partial charge >= 0.3 is 24.6 Å². The average molecular weight is 268 g/mol. The van der Waals surface area contributed by atoms with Crippen LogP contribution < -0.4 is 0 Å². The minimum Gasteiger partial charge on any atom is -0.245 e. The fraction of sp³-hybridized carbons (Fsp3) is 1.00.